The van der Waals surface area contributed by atoms with Gasteiger partial charge in [0.15, 0.2) is 5.82 Å². The van der Waals surface area contributed by atoms with Gasteiger partial charge in [-0.2, -0.15) is 0 Å². The Bertz CT molecular complexity index is 522. The van der Waals surface area contributed by atoms with Crippen molar-refractivity contribution in [1.82, 2.24) is 15.1 Å². The van der Waals surface area contributed by atoms with Crippen molar-refractivity contribution in [2.75, 3.05) is 0 Å². The summed E-state index contributed by atoms with van der Waals surface area (Å²) < 4.78 is 4.26. The molecular weight excluding hydrogens is 174 g/mol. The van der Waals surface area contributed by atoms with E-state index in [2.05, 4.69) is 19.6 Å². The van der Waals surface area contributed by atoms with Gasteiger partial charge in [0.05, 0.1) is 5.56 Å². The van der Waals surface area contributed by atoms with Crippen LogP contribution in [0.4, 0.5) is 0 Å². The average Bonchev–Trinajstić information content (AvgIpc) is 2.53. The Balaban J connectivity index is 2.65. The maximum atomic E-state index is 11.2. The van der Waals surface area contributed by atoms with Crippen LogP contribution in [-0.4, -0.2) is 15.1 Å². The van der Waals surface area contributed by atoms with Crippen molar-refractivity contribution < 1.29 is 4.52 Å². The third-order valence-corrected chi connectivity index (χ3v) is 1.51. The molecule has 0 unspecified atom stereocenters. The fourth-order valence-electron chi connectivity index (χ4n) is 0.954. The van der Waals surface area contributed by atoms with Crippen LogP contribution in [0.25, 0.3) is 11.4 Å². The molecule has 6 nitrogen and oxygen atoms in total. The SMILES string of the molecule is O=c1[nH]c(-c2ccc[nH]c2=O)no1. The minimum atomic E-state index is -0.682. The van der Waals surface area contributed by atoms with E-state index in [1.807, 2.05) is 0 Å². The van der Waals surface area contributed by atoms with Crippen molar-refractivity contribution in [3.8, 4) is 11.4 Å². The van der Waals surface area contributed by atoms with Gasteiger partial charge in [-0.15, -0.1) is 0 Å². The number of pyridine rings is 1. The summed E-state index contributed by atoms with van der Waals surface area (Å²) in [5, 5.41) is 3.38. The van der Waals surface area contributed by atoms with Gasteiger partial charge in [-0.3, -0.25) is 14.3 Å². The van der Waals surface area contributed by atoms with Crippen molar-refractivity contribution in [3.05, 3.63) is 39.2 Å². The fraction of sp³-hybridized carbons (Fsp3) is 0. The molecule has 0 aliphatic carbocycles. The number of aromatic nitrogens is 3. The average molecular weight is 179 g/mol. The first-order valence-electron chi connectivity index (χ1n) is 3.51. The molecule has 0 aliphatic heterocycles. The molecule has 2 aromatic heterocycles. The molecule has 2 heterocycles. The van der Waals surface area contributed by atoms with Gasteiger partial charge in [-0.05, 0) is 12.1 Å². The van der Waals surface area contributed by atoms with Crippen LogP contribution in [0.1, 0.15) is 0 Å². The monoisotopic (exact) mass is 179 g/mol. The number of nitrogens with one attached hydrogen (secondary N) is 2. The van der Waals surface area contributed by atoms with Crippen LogP contribution < -0.4 is 11.3 Å². The molecule has 0 saturated carbocycles. The van der Waals surface area contributed by atoms with Crippen LogP contribution >= 0.6 is 0 Å². The molecular formula is C7H5N3O3. The van der Waals surface area contributed by atoms with Crippen molar-refractivity contribution >= 4 is 0 Å². The van der Waals surface area contributed by atoms with Gasteiger partial charge >= 0.3 is 5.76 Å². The predicted octanol–water partition coefficient (Wildman–Crippen LogP) is -0.282. The Morgan fingerprint density at radius 3 is 2.85 bits per heavy atom. The largest absolute Gasteiger partial charge is 0.439 e. The Hall–Kier alpha value is -2.11. The molecule has 2 rings (SSSR count). The molecule has 66 valence electrons. The molecule has 0 aliphatic rings. The zero-order valence-electron chi connectivity index (χ0n) is 6.40. The van der Waals surface area contributed by atoms with E-state index in [0.29, 0.717) is 0 Å². The van der Waals surface area contributed by atoms with E-state index < -0.39 is 5.76 Å². The van der Waals surface area contributed by atoms with Crippen LogP contribution in [0.15, 0.2) is 32.4 Å². The fourth-order valence-corrected chi connectivity index (χ4v) is 0.954. The van der Waals surface area contributed by atoms with E-state index in [0.717, 1.165) is 0 Å². The Kier molecular flexibility index (Phi) is 1.59. The van der Waals surface area contributed by atoms with Crippen LogP contribution in [0.5, 0.6) is 0 Å². The number of rotatable bonds is 1. The molecule has 0 aromatic carbocycles. The normalized spacial score (nSPS) is 10.2. The second-order valence-corrected chi connectivity index (χ2v) is 2.36. The van der Waals surface area contributed by atoms with Crippen molar-refractivity contribution in [1.29, 1.82) is 0 Å². The summed E-state index contributed by atoms with van der Waals surface area (Å²) in [6.07, 6.45) is 1.49. The topological polar surface area (TPSA) is 91.8 Å². The van der Waals surface area contributed by atoms with E-state index in [9.17, 15) is 9.59 Å². The van der Waals surface area contributed by atoms with Gasteiger partial charge in [0.1, 0.15) is 0 Å². The van der Waals surface area contributed by atoms with Crippen molar-refractivity contribution in [2.24, 2.45) is 0 Å². The molecule has 0 amide bonds. The highest BCUT2D eigenvalue weighted by Crippen LogP contribution is 2.04. The standard InChI is InChI=1S/C7H5N3O3/c11-6-4(2-1-3-8-6)5-9-7(12)13-10-5/h1-3H,(H,8,11)(H,9,10,12). The summed E-state index contributed by atoms with van der Waals surface area (Å²) in [5.41, 5.74) is -0.0552. The first-order chi connectivity index (χ1) is 6.27. The van der Waals surface area contributed by atoms with Gasteiger partial charge in [0.2, 0.25) is 0 Å². The summed E-state index contributed by atoms with van der Waals surface area (Å²) in [6.45, 7) is 0. The van der Waals surface area contributed by atoms with Crippen LogP contribution in [0.2, 0.25) is 0 Å². The molecule has 0 spiro atoms. The number of aromatic amines is 2. The van der Waals surface area contributed by atoms with Crippen LogP contribution in [0, 0.1) is 0 Å². The first kappa shape index (κ1) is 7.53. The maximum absolute atomic E-state index is 11.2. The summed E-state index contributed by atoms with van der Waals surface area (Å²) >= 11 is 0. The smallest absolute Gasteiger partial charge is 0.328 e. The second-order valence-electron chi connectivity index (χ2n) is 2.36. The van der Waals surface area contributed by atoms with Gasteiger partial charge in [0, 0.05) is 6.20 Å². The van der Waals surface area contributed by atoms with E-state index in [1.165, 1.54) is 12.3 Å². The zero-order valence-corrected chi connectivity index (χ0v) is 6.40. The van der Waals surface area contributed by atoms with Crippen molar-refractivity contribution in [3.63, 3.8) is 0 Å². The first-order valence-corrected chi connectivity index (χ1v) is 3.51. The zero-order chi connectivity index (χ0) is 9.26. The molecule has 0 fully saturated rings. The summed E-state index contributed by atoms with van der Waals surface area (Å²) in [6, 6.07) is 3.16. The van der Waals surface area contributed by atoms with Gasteiger partial charge in [-0.1, -0.05) is 5.16 Å². The molecule has 0 bridgehead atoms. The van der Waals surface area contributed by atoms with Gasteiger partial charge < -0.3 is 4.98 Å². The Labute approximate surface area is 71.2 Å². The third-order valence-electron chi connectivity index (χ3n) is 1.51. The highest BCUT2D eigenvalue weighted by atomic mass is 16.5. The minimum absolute atomic E-state index is 0.131. The molecule has 0 saturated heterocycles. The quantitative estimate of drug-likeness (QED) is 0.629. The van der Waals surface area contributed by atoms with Gasteiger partial charge in [0.25, 0.3) is 5.56 Å². The van der Waals surface area contributed by atoms with Crippen LogP contribution in [0.3, 0.4) is 0 Å². The second kappa shape index (κ2) is 2.74. The highest BCUT2D eigenvalue weighted by molar-refractivity contribution is 5.51. The predicted molar refractivity (Wildman–Crippen MR) is 43.2 cm³/mol. The molecule has 0 radical (unpaired) electrons. The van der Waals surface area contributed by atoms with Crippen molar-refractivity contribution in [2.45, 2.75) is 0 Å². The van der Waals surface area contributed by atoms with E-state index in [-0.39, 0.29) is 16.9 Å². The number of H-pyrrole nitrogens is 2. The lowest BCUT2D eigenvalue weighted by Gasteiger charge is -1.89. The molecule has 6 heteroatoms. The molecule has 2 aromatic rings. The van der Waals surface area contributed by atoms with E-state index >= 15 is 0 Å². The molecule has 13 heavy (non-hydrogen) atoms. The number of hydrogen-bond donors (Lipinski definition) is 2. The summed E-state index contributed by atoms with van der Waals surface area (Å²) in [5.74, 6) is -0.551. The van der Waals surface area contributed by atoms with Crippen LogP contribution in [-0.2, 0) is 0 Å². The third kappa shape index (κ3) is 1.28. The lowest BCUT2D eigenvalue weighted by atomic mass is 10.3. The summed E-state index contributed by atoms with van der Waals surface area (Å²) in [4.78, 5) is 26.5. The van der Waals surface area contributed by atoms with E-state index in [4.69, 9.17) is 0 Å². The number of hydrogen-bond acceptors (Lipinski definition) is 4. The van der Waals surface area contributed by atoms with E-state index in [1.54, 1.807) is 6.07 Å². The Morgan fingerprint density at radius 1 is 1.38 bits per heavy atom. The highest BCUT2D eigenvalue weighted by Gasteiger charge is 2.06. The molecule has 0 atom stereocenters. The number of nitrogens with zero attached hydrogens (tertiary/aromatic N) is 1. The maximum Gasteiger partial charge on any atom is 0.439 e. The lowest BCUT2D eigenvalue weighted by Crippen LogP contribution is -2.08. The minimum Gasteiger partial charge on any atom is -0.328 e. The van der Waals surface area contributed by atoms with Gasteiger partial charge in [-0.25, -0.2) is 4.79 Å². The molecule has 2 N–H and O–H groups in total. The summed E-state index contributed by atoms with van der Waals surface area (Å²) in [7, 11) is 0. The lowest BCUT2D eigenvalue weighted by molar-refractivity contribution is 0.388. The Morgan fingerprint density at radius 2 is 2.23 bits per heavy atom.